The van der Waals surface area contributed by atoms with Crippen LogP contribution in [0.3, 0.4) is 0 Å². The van der Waals surface area contributed by atoms with E-state index in [1.807, 2.05) is 6.92 Å². The van der Waals surface area contributed by atoms with Crippen molar-refractivity contribution in [2.24, 2.45) is 0 Å². The van der Waals surface area contributed by atoms with E-state index in [0.29, 0.717) is 10.6 Å². The lowest BCUT2D eigenvalue weighted by atomic mass is 10.1. The third kappa shape index (κ3) is 2.86. The molecule has 0 aliphatic heterocycles. The average molecular weight is 228 g/mol. The number of ether oxygens (including phenoxy) is 1. The molecule has 15 heavy (non-hydrogen) atoms. The normalized spacial score (nSPS) is 10.5. The van der Waals surface area contributed by atoms with Crippen molar-refractivity contribution in [1.82, 2.24) is 0 Å². The highest BCUT2D eigenvalue weighted by molar-refractivity contribution is 6.34. The van der Waals surface area contributed by atoms with Gasteiger partial charge < -0.3 is 10.5 Å². The van der Waals surface area contributed by atoms with Gasteiger partial charge in [0.25, 0.3) is 0 Å². The molecule has 0 aliphatic carbocycles. The lowest BCUT2D eigenvalue weighted by Gasteiger charge is -2.11. The second-order valence-corrected chi connectivity index (χ2v) is 4.07. The van der Waals surface area contributed by atoms with Gasteiger partial charge >= 0.3 is 5.97 Å². The molecule has 0 unspecified atom stereocenters. The number of hydrogen-bond acceptors (Lipinski definition) is 3. The summed E-state index contributed by atoms with van der Waals surface area (Å²) in [5.41, 5.74) is 7.17. The molecular weight excluding hydrogens is 214 g/mol. The van der Waals surface area contributed by atoms with Crippen LogP contribution in [0, 0.1) is 6.92 Å². The largest absolute Gasteiger partial charge is 0.459 e. The van der Waals surface area contributed by atoms with Crippen molar-refractivity contribution < 1.29 is 9.53 Å². The molecule has 0 heterocycles. The second-order valence-electron chi connectivity index (χ2n) is 3.66. The Hall–Kier alpha value is -1.22. The van der Waals surface area contributed by atoms with Crippen molar-refractivity contribution in [3.8, 4) is 0 Å². The first-order valence-corrected chi connectivity index (χ1v) is 5.06. The van der Waals surface area contributed by atoms with Crippen LogP contribution in [-0.4, -0.2) is 12.1 Å². The van der Waals surface area contributed by atoms with Crippen molar-refractivity contribution in [2.75, 3.05) is 5.73 Å². The number of halogens is 1. The third-order valence-corrected chi connectivity index (χ3v) is 2.15. The monoisotopic (exact) mass is 227 g/mol. The summed E-state index contributed by atoms with van der Waals surface area (Å²) < 4.78 is 5.05. The summed E-state index contributed by atoms with van der Waals surface area (Å²) in [5.74, 6) is -0.437. The Balaban J connectivity index is 3.08. The van der Waals surface area contributed by atoms with E-state index in [1.165, 1.54) is 0 Å². The van der Waals surface area contributed by atoms with Crippen LogP contribution in [0.4, 0.5) is 5.69 Å². The Morgan fingerprint density at radius 2 is 2.07 bits per heavy atom. The van der Waals surface area contributed by atoms with Crippen LogP contribution in [0.5, 0.6) is 0 Å². The fourth-order valence-electron chi connectivity index (χ4n) is 1.20. The highest BCUT2D eigenvalue weighted by Gasteiger charge is 2.15. The molecule has 4 heteroatoms. The standard InChI is InChI=1S/C11H14ClNO2/c1-6(2)15-11(14)8-4-7(3)5-9(12)10(8)13/h4-6H,13H2,1-3H3. The van der Waals surface area contributed by atoms with Gasteiger partial charge in [0.05, 0.1) is 22.4 Å². The van der Waals surface area contributed by atoms with E-state index in [4.69, 9.17) is 22.1 Å². The summed E-state index contributed by atoms with van der Waals surface area (Å²) in [6.07, 6.45) is -0.170. The Bertz CT molecular complexity index is 388. The summed E-state index contributed by atoms with van der Waals surface area (Å²) in [6.45, 7) is 5.41. The molecule has 3 nitrogen and oxygen atoms in total. The number of aryl methyl sites for hydroxylation is 1. The van der Waals surface area contributed by atoms with Crippen LogP contribution >= 0.6 is 11.6 Å². The van der Waals surface area contributed by atoms with Gasteiger partial charge in [-0.15, -0.1) is 0 Å². The van der Waals surface area contributed by atoms with Gasteiger partial charge in [-0.05, 0) is 38.5 Å². The van der Waals surface area contributed by atoms with E-state index in [0.717, 1.165) is 5.56 Å². The van der Waals surface area contributed by atoms with Crippen molar-refractivity contribution in [3.05, 3.63) is 28.3 Å². The lowest BCUT2D eigenvalue weighted by Crippen LogP contribution is -2.13. The Kier molecular flexibility index (Phi) is 3.58. The van der Waals surface area contributed by atoms with Gasteiger partial charge in [-0.3, -0.25) is 0 Å². The molecule has 82 valence electrons. The van der Waals surface area contributed by atoms with E-state index < -0.39 is 5.97 Å². The van der Waals surface area contributed by atoms with Gasteiger partial charge in [-0.25, -0.2) is 4.79 Å². The fraction of sp³-hybridized carbons (Fsp3) is 0.364. The van der Waals surface area contributed by atoms with Crippen LogP contribution in [-0.2, 0) is 4.74 Å². The fourth-order valence-corrected chi connectivity index (χ4v) is 1.47. The predicted octanol–water partition coefficient (Wildman–Crippen LogP) is 2.80. The zero-order valence-electron chi connectivity index (χ0n) is 9.00. The number of anilines is 1. The Morgan fingerprint density at radius 3 is 2.60 bits per heavy atom. The topological polar surface area (TPSA) is 52.3 Å². The molecule has 1 aromatic carbocycles. The molecule has 1 aromatic rings. The highest BCUT2D eigenvalue weighted by atomic mass is 35.5. The van der Waals surface area contributed by atoms with E-state index in [1.54, 1.807) is 26.0 Å². The Labute approximate surface area is 94.2 Å². The summed E-state index contributed by atoms with van der Waals surface area (Å²) in [5, 5.41) is 0.380. The smallest absolute Gasteiger partial charge is 0.340 e. The van der Waals surface area contributed by atoms with E-state index in [9.17, 15) is 4.79 Å². The van der Waals surface area contributed by atoms with Gasteiger partial charge in [-0.2, -0.15) is 0 Å². The SMILES string of the molecule is Cc1cc(Cl)c(N)c(C(=O)OC(C)C)c1. The number of rotatable bonds is 2. The first kappa shape index (κ1) is 11.9. The molecule has 0 atom stereocenters. The summed E-state index contributed by atoms with van der Waals surface area (Å²) in [4.78, 5) is 11.6. The molecule has 0 bridgehead atoms. The quantitative estimate of drug-likeness (QED) is 0.624. The van der Waals surface area contributed by atoms with Crippen molar-refractivity contribution in [3.63, 3.8) is 0 Å². The number of nitrogen functional groups attached to an aromatic ring is 1. The van der Waals surface area contributed by atoms with E-state index in [-0.39, 0.29) is 11.8 Å². The van der Waals surface area contributed by atoms with Crippen LogP contribution in [0.1, 0.15) is 29.8 Å². The van der Waals surface area contributed by atoms with Gasteiger partial charge in [0.2, 0.25) is 0 Å². The maximum atomic E-state index is 11.6. The summed E-state index contributed by atoms with van der Waals surface area (Å²) in [6, 6.07) is 3.38. The molecule has 0 amide bonds. The molecule has 0 fully saturated rings. The molecule has 0 radical (unpaired) electrons. The van der Waals surface area contributed by atoms with Gasteiger partial charge in [0.1, 0.15) is 0 Å². The highest BCUT2D eigenvalue weighted by Crippen LogP contribution is 2.25. The van der Waals surface area contributed by atoms with Crippen LogP contribution in [0.25, 0.3) is 0 Å². The molecule has 1 rings (SSSR count). The molecule has 0 aliphatic rings. The maximum absolute atomic E-state index is 11.6. The minimum atomic E-state index is -0.437. The van der Waals surface area contributed by atoms with E-state index >= 15 is 0 Å². The average Bonchev–Trinajstić information content (AvgIpc) is 2.09. The van der Waals surface area contributed by atoms with Crippen LogP contribution < -0.4 is 5.73 Å². The predicted molar refractivity (Wildman–Crippen MR) is 61.2 cm³/mol. The minimum Gasteiger partial charge on any atom is -0.459 e. The van der Waals surface area contributed by atoms with Crippen LogP contribution in [0.2, 0.25) is 5.02 Å². The lowest BCUT2D eigenvalue weighted by molar-refractivity contribution is 0.0379. The molecule has 0 aromatic heterocycles. The zero-order valence-corrected chi connectivity index (χ0v) is 9.76. The molecule has 0 saturated heterocycles. The number of esters is 1. The van der Waals surface area contributed by atoms with Crippen molar-refractivity contribution in [2.45, 2.75) is 26.9 Å². The molecule has 0 saturated carbocycles. The van der Waals surface area contributed by atoms with Gasteiger partial charge in [-0.1, -0.05) is 11.6 Å². The number of benzene rings is 1. The van der Waals surface area contributed by atoms with E-state index in [2.05, 4.69) is 0 Å². The van der Waals surface area contributed by atoms with Gasteiger partial charge in [0.15, 0.2) is 0 Å². The minimum absolute atomic E-state index is 0.170. The summed E-state index contributed by atoms with van der Waals surface area (Å²) >= 11 is 5.87. The number of carbonyl (C=O) groups is 1. The number of nitrogens with two attached hydrogens (primary N) is 1. The zero-order chi connectivity index (χ0) is 11.6. The van der Waals surface area contributed by atoms with Crippen LogP contribution in [0.15, 0.2) is 12.1 Å². The first-order valence-electron chi connectivity index (χ1n) is 4.68. The van der Waals surface area contributed by atoms with Crippen molar-refractivity contribution >= 4 is 23.3 Å². The second kappa shape index (κ2) is 4.53. The van der Waals surface area contributed by atoms with Crippen molar-refractivity contribution in [1.29, 1.82) is 0 Å². The molecule has 2 N–H and O–H groups in total. The number of carbonyl (C=O) groups excluding carboxylic acids is 1. The first-order chi connectivity index (χ1) is 6.91. The maximum Gasteiger partial charge on any atom is 0.340 e. The Morgan fingerprint density at radius 1 is 1.47 bits per heavy atom. The van der Waals surface area contributed by atoms with Gasteiger partial charge in [0, 0.05) is 0 Å². The molecular formula is C11H14ClNO2. The molecule has 0 spiro atoms. The number of hydrogen-bond donors (Lipinski definition) is 1. The summed E-state index contributed by atoms with van der Waals surface area (Å²) in [7, 11) is 0. The third-order valence-electron chi connectivity index (χ3n) is 1.84.